The summed E-state index contributed by atoms with van der Waals surface area (Å²) in [6, 6.07) is 4.78. The van der Waals surface area contributed by atoms with Crippen molar-refractivity contribution in [2.24, 2.45) is 5.41 Å². The lowest BCUT2D eigenvalue weighted by Gasteiger charge is -2.25. The second-order valence-corrected chi connectivity index (χ2v) is 8.73. The Bertz CT molecular complexity index is 571. The number of hydrogen-bond acceptors (Lipinski definition) is 3. The number of benzene rings is 1. The molecule has 0 heterocycles. The summed E-state index contributed by atoms with van der Waals surface area (Å²) in [5, 5.41) is 0. The smallest absolute Gasteiger partial charge is 0.241 e. The lowest BCUT2D eigenvalue weighted by molar-refractivity contribution is 0.320. The lowest BCUT2D eigenvalue weighted by atomic mass is 9.87. The Hall–Kier alpha value is -0.590. The van der Waals surface area contributed by atoms with Gasteiger partial charge in [0.15, 0.2) is 0 Å². The van der Waals surface area contributed by atoms with E-state index in [4.69, 9.17) is 5.73 Å². The number of nitrogens with two attached hydrogens (primary N) is 1. The molecule has 6 heteroatoms. The zero-order valence-corrected chi connectivity index (χ0v) is 15.4. The molecule has 1 aromatic carbocycles. The molecular formula is C15H25BrN2O2S. The summed E-state index contributed by atoms with van der Waals surface area (Å²) < 4.78 is 28.0. The van der Waals surface area contributed by atoms with Crippen LogP contribution in [-0.4, -0.2) is 15.0 Å². The summed E-state index contributed by atoms with van der Waals surface area (Å²) in [5.41, 5.74) is 6.04. The number of halogens is 1. The van der Waals surface area contributed by atoms with Crippen LogP contribution in [0.2, 0.25) is 0 Å². The number of anilines is 1. The standard InChI is InChI=1S/C15H25BrN2O2S/c1-4-5-6-9-15(2,3)11-18-21(19,20)14-10-12(17)7-8-13(14)16/h7-8,10,18H,4-6,9,11,17H2,1-3H3. The van der Waals surface area contributed by atoms with Gasteiger partial charge >= 0.3 is 0 Å². The normalized spacial score (nSPS) is 12.6. The second-order valence-electron chi connectivity index (χ2n) is 6.14. The molecule has 120 valence electrons. The van der Waals surface area contributed by atoms with Crippen molar-refractivity contribution in [3.05, 3.63) is 22.7 Å². The molecule has 1 aromatic rings. The molecule has 4 nitrogen and oxygen atoms in total. The first-order valence-electron chi connectivity index (χ1n) is 7.23. The molecule has 1 rings (SSSR count). The molecule has 0 fully saturated rings. The van der Waals surface area contributed by atoms with Crippen LogP contribution < -0.4 is 10.5 Å². The van der Waals surface area contributed by atoms with E-state index in [0.29, 0.717) is 16.7 Å². The highest BCUT2D eigenvalue weighted by molar-refractivity contribution is 9.10. The largest absolute Gasteiger partial charge is 0.399 e. The van der Waals surface area contributed by atoms with Gasteiger partial charge < -0.3 is 5.73 Å². The highest BCUT2D eigenvalue weighted by Gasteiger charge is 2.23. The van der Waals surface area contributed by atoms with E-state index >= 15 is 0 Å². The first-order valence-corrected chi connectivity index (χ1v) is 9.50. The van der Waals surface area contributed by atoms with Crippen molar-refractivity contribution in [1.29, 1.82) is 0 Å². The van der Waals surface area contributed by atoms with E-state index in [1.807, 2.05) is 0 Å². The Morgan fingerprint density at radius 3 is 2.57 bits per heavy atom. The molecule has 0 atom stereocenters. The first-order chi connectivity index (χ1) is 9.68. The van der Waals surface area contributed by atoms with Crippen molar-refractivity contribution in [2.45, 2.75) is 51.3 Å². The van der Waals surface area contributed by atoms with Gasteiger partial charge in [-0.05, 0) is 46.0 Å². The number of hydrogen-bond donors (Lipinski definition) is 2. The third kappa shape index (κ3) is 5.96. The fourth-order valence-corrected chi connectivity index (χ4v) is 4.27. The SMILES string of the molecule is CCCCCC(C)(C)CNS(=O)(=O)c1cc(N)ccc1Br. The molecule has 0 spiro atoms. The van der Waals surface area contributed by atoms with Gasteiger partial charge in [-0.25, -0.2) is 13.1 Å². The maximum Gasteiger partial charge on any atom is 0.241 e. The van der Waals surface area contributed by atoms with Gasteiger partial charge in [0, 0.05) is 16.7 Å². The topological polar surface area (TPSA) is 72.2 Å². The zero-order valence-electron chi connectivity index (χ0n) is 12.9. The highest BCUT2D eigenvalue weighted by Crippen LogP contribution is 2.26. The van der Waals surface area contributed by atoms with E-state index in [-0.39, 0.29) is 10.3 Å². The second kappa shape index (κ2) is 7.61. The quantitative estimate of drug-likeness (QED) is 0.533. The van der Waals surface area contributed by atoms with Gasteiger partial charge in [0.1, 0.15) is 0 Å². The van der Waals surface area contributed by atoms with Crippen LogP contribution in [0.15, 0.2) is 27.6 Å². The Labute approximate surface area is 136 Å². The van der Waals surface area contributed by atoms with Crippen LogP contribution >= 0.6 is 15.9 Å². The van der Waals surface area contributed by atoms with Gasteiger partial charge in [-0.15, -0.1) is 0 Å². The molecule has 21 heavy (non-hydrogen) atoms. The number of sulfonamides is 1. The average molecular weight is 377 g/mol. The van der Waals surface area contributed by atoms with Crippen LogP contribution in [0, 0.1) is 5.41 Å². The molecule has 0 radical (unpaired) electrons. The van der Waals surface area contributed by atoms with Crippen LogP contribution in [0.1, 0.15) is 46.5 Å². The van der Waals surface area contributed by atoms with E-state index in [1.54, 1.807) is 12.1 Å². The highest BCUT2D eigenvalue weighted by atomic mass is 79.9. The van der Waals surface area contributed by atoms with E-state index < -0.39 is 10.0 Å². The van der Waals surface area contributed by atoms with Gasteiger partial charge in [-0.3, -0.25) is 0 Å². The molecule has 0 aliphatic carbocycles. The Kier molecular flexibility index (Phi) is 6.69. The van der Waals surface area contributed by atoms with E-state index in [2.05, 4.69) is 41.4 Å². The molecule has 0 unspecified atom stereocenters. The molecule has 0 aliphatic rings. The van der Waals surface area contributed by atoms with E-state index in [1.165, 1.54) is 12.5 Å². The number of unbranched alkanes of at least 4 members (excludes halogenated alkanes) is 2. The fourth-order valence-electron chi connectivity index (χ4n) is 2.04. The van der Waals surface area contributed by atoms with Crippen molar-refractivity contribution in [3.63, 3.8) is 0 Å². The van der Waals surface area contributed by atoms with E-state index in [9.17, 15) is 8.42 Å². The summed E-state index contributed by atoms with van der Waals surface area (Å²) in [4.78, 5) is 0.187. The minimum Gasteiger partial charge on any atom is -0.399 e. The predicted molar refractivity (Wildman–Crippen MR) is 91.7 cm³/mol. The maximum atomic E-state index is 12.4. The zero-order chi connectivity index (χ0) is 16.1. The van der Waals surface area contributed by atoms with Crippen molar-refractivity contribution < 1.29 is 8.42 Å². The molecule has 0 aliphatic heterocycles. The van der Waals surface area contributed by atoms with Gasteiger partial charge in [0.05, 0.1) is 4.90 Å². The lowest BCUT2D eigenvalue weighted by Crippen LogP contribution is -2.34. The molecule has 0 amide bonds. The summed E-state index contributed by atoms with van der Waals surface area (Å²) in [5.74, 6) is 0. The Morgan fingerprint density at radius 2 is 1.95 bits per heavy atom. The summed E-state index contributed by atoms with van der Waals surface area (Å²) >= 11 is 3.26. The van der Waals surface area contributed by atoms with Gasteiger partial charge in [0.2, 0.25) is 10.0 Å². The monoisotopic (exact) mass is 376 g/mol. The first kappa shape index (κ1) is 18.5. The molecule has 3 N–H and O–H groups in total. The number of nitrogen functional groups attached to an aromatic ring is 1. The molecule has 0 bridgehead atoms. The summed E-state index contributed by atoms with van der Waals surface area (Å²) in [6.07, 6.45) is 4.46. The van der Waals surface area contributed by atoms with Crippen molar-refractivity contribution in [2.75, 3.05) is 12.3 Å². The van der Waals surface area contributed by atoms with Crippen molar-refractivity contribution in [3.8, 4) is 0 Å². The minimum absolute atomic E-state index is 0.0605. The predicted octanol–water partition coefficient (Wildman–Crippen LogP) is 3.92. The summed E-state index contributed by atoms with van der Waals surface area (Å²) in [7, 11) is -3.55. The van der Waals surface area contributed by atoms with Gasteiger partial charge in [-0.2, -0.15) is 0 Å². The molecular weight excluding hydrogens is 352 g/mol. The third-order valence-corrected chi connectivity index (χ3v) is 5.84. The van der Waals surface area contributed by atoms with Crippen LogP contribution in [0.5, 0.6) is 0 Å². The van der Waals surface area contributed by atoms with E-state index in [0.717, 1.165) is 19.3 Å². The van der Waals surface area contributed by atoms with Gasteiger partial charge in [0.25, 0.3) is 0 Å². The number of nitrogens with one attached hydrogen (secondary N) is 1. The summed E-state index contributed by atoms with van der Waals surface area (Å²) in [6.45, 7) is 6.74. The molecule has 0 aromatic heterocycles. The van der Waals surface area contributed by atoms with Gasteiger partial charge in [-0.1, -0.05) is 40.0 Å². The minimum atomic E-state index is -3.55. The average Bonchev–Trinajstić information content (AvgIpc) is 2.40. The molecule has 0 saturated carbocycles. The van der Waals surface area contributed by atoms with Crippen LogP contribution in [0.4, 0.5) is 5.69 Å². The third-order valence-electron chi connectivity index (χ3n) is 3.44. The van der Waals surface area contributed by atoms with Crippen LogP contribution in [-0.2, 0) is 10.0 Å². The Morgan fingerprint density at radius 1 is 1.29 bits per heavy atom. The van der Waals surface area contributed by atoms with Crippen LogP contribution in [0.3, 0.4) is 0 Å². The van der Waals surface area contributed by atoms with Crippen molar-refractivity contribution >= 4 is 31.6 Å². The fraction of sp³-hybridized carbons (Fsp3) is 0.600. The van der Waals surface area contributed by atoms with Crippen LogP contribution in [0.25, 0.3) is 0 Å². The number of rotatable bonds is 8. The van der Waals surface area contributed by atoms with Crippen molar-refractivity contribution in [1.82, 2.24) is 4.72 Å². The maximum absolute atomic E-state index is 12.4. The molecule has 0 saturated heterocycles. The Balaban J connectivity index is 2.75.